The molecule has 3 amide bonds. The first-order valence-corrected chi connectivity index (χ1v) is 13.2. The molecular weight excluding hydrogens is 492 g/mol. The molecule has 2 aromatic carbocycles. The summed E-state index contributed by atoms with van der Waals surface area (Å²) in [5, 5.41) is 3.06. The molecule has 1 N–H and O–H groups in total. The third kappa shape index (κ3) is 6.62. The van der Waals surface area contributed by atoms with Crippen LogP contribution in [-0.4, -0.2) is 78.8 Å². The molecule has 196 valence electrons. The summed E-state index contributed by atoms with van der Waals surface area (Å²) in [4.78, 5) is 45.6. The third-order valence-electron chi connectivity index (χ3n) is 6.42. The second-order valence-corrected chi connectivity index (χ2v) is 10.2. The highest BCUT2D eigenvalue weighted by molar-refractivity contribution is 8.15. The molecule has 37 heavy (non-hydrogen) atoms. The van der Waals surface area contributed by atoms with E-state index < -0.39 is 5.25 Å². The molecular formula is C27H32N4O5S. The van der Waals surface area contributed by atoms with Gasteiger partial charge in [0.25, 0.3) is 11.8 Å². The van der Waals surface area contributed by atoms with E-state index in [9.17, 15) is 14.4 Å². The average Bonchev–Trinajstić information content (AvgIpc) is 3.57. The van der Waals surface area contributed by atoms with Crippen molar-refractivity contribution in [1.82, 2.24) is 9.80 Å². The van der Waals surface area contributed by atoms with Crippen LogP contribution in [0.15, 0.2) is 47.5 Å². The van der Waals surface area contributed by atoms with Gasteiger partial charge in [-0.25, -0.2) is 0 Å². The molecule has 0 radical (unpaired) electrons. The second kappa shape index (κ2) is 12.1. The summed E-state index contributed by atoms with van der Waals surface area (Å²) in [6.07, 6.45) is 2.93. The van der Waals surface area contributed by atoms with E-state index in [0.29, 0.717) is 35.7 Å². The van der Waals surface area contributed by atoms with Gasteiger partial charge in [0.15, 0.2) is 16.7 Å². The highest BCUT2D eigenvalue weighted by Crippen LogP contribution is 2.30. The monoisotopic (exact) mass is 524 g/mol. The van der Waals surface area contributed by atoms with Crippen molar-refractivity contribution in [2.75, 3.05) is 46.2 Å². The molecule has 2 heterocycles. The van der Waals surface area contributed by atoms with Gasteiger partial charge < -0.3 is 24.6 Å². The zero-order valence-electron chi connectivity index (χ0n) is 21.4. The lowest BCUT2D eigenvalue weighted by atomic mass is 10.1. The van der Waals surface area contributed by atoms with E-state index >= 15 is 0 Å². The number of methoxy groups -OCH3 is 2. The van der Waals surface area contributed by atoms with Gasteiger partial charge in [-0.05, 0) is 61.2 Å². The van der Waals surface area contributed by atoms with Gasteiger partial charge in [-0.3, -0.25) is 14.4 Å². The van der Waals surface area contributed by atoms with Crippen molar-refractivity contribution >= 4 is 40.3 Å². The maximum Gasteiger partial charge on any atom is 0.262 e. The Morgan fingerprint density at radius 1 is 1.08 bits per heavy atom. The molecule has 0 unspecified atom stereocenters. The number of nitrogens with one attached hydrogen (secondary N) is 1. The predicted octanol–water partition coefficient (Wildman–Crippen LogP) is 3.44. The molecule has 1 fully saturated rings. The maximum atomic E-state index is 12.9. The molecule has 0 bridgehead atoms. The van der Waals surface area contributed by atoms with Gasteiger partial charge in [-0.2, -0.15) is 4.99 Å². The normalized spacial score (nSPS) is 16.9. The molecule has 0 saturated carbocycles. The van der Waals surface area contributed by atoms with Gasteiger partial charge >= 0.3 is 0 Å². The van der Waals surface area contributed by atoms with Crippen molar-refractivity contribution < 1.29 is 23.9 Å². The average molecular weight is 525 g/mol. The van der Waals surface area contributed by atoms with Crippen molar-refractivity contribution in [3.05, 3.63) is 53.6 Å². The van der Waals surface area contributed by atoms with Crippen molar-refractivity contribution in [2.45, 2.75) is 30.9 Å². The lowest BCUT2D eigenvalue weighted by Crippen LogP contribution is -2.28. The molecule has 10 heteroatoms. The third-order valence-corrected chi connectivity index (χ3v) is 7.64. The molecule has 0 spiro atoms. The number of hydrogen-bond acceptors (Lipinski definition) is 7. The Bertz CT molecular complexity index is 1180. The highest BCUT2D eigenvalue weighted by atomic mass is 32.2. The molecule has 9 nitrogen and oxygen atoms in total. The van der Waals surface area contributed by atoms with E-state index in [1.165, 1.54) is 11.8 Å². The Morgan fingerprint density at radius 3 is 2.46 bits per heavy atom. The van der Waals surface area contributed by atoms with Crippen LogP contribution in [0.3, 0.4) is 0 Å². The number of amides is 3. The quantitative estimate of drug-likeness (QED) is 0.536. The number of nitrogens with zero attached hydrogens (tertiary/aromatic N) is 3. The number of likely N-dealkylation sites (tertiary alicyclic amines) is 1. The summed E-state index contributed by atoms with van der Waals surface area (Å²) >= 11 is 1.37. The van der Waals surface area contributed by atoms with E-state index in [4.69, 9.17) is 9.47 Å². The number of rotatable bonds is 9. The van der Waals surface area contributed by atoms with E-state index in [1.807, 2.05) is 18.2 Å². The minimum Gasteiger partial charge on any atom is -0.493 e. The van der Waals surface area contributed by atoms with Crippen LogP contribution >= 0.6 is 11.8 Å². The SMILES string of the molecule is COc1ccc(CCN(C)C(=O)c2ccc(NC(=O)C[C@@H]3SC(N4CCCC4)=NC3=O)cc2)cc1OC. The first-order chi connectivity index (χ1) is 17.9. The molecule has 2 aliphatic heterocycles. The standard InChI is InChI=1S/C27H32N4O5S/c1-30(15-12-18-6-11-21(35-2)22(16-18)36-3)26(34)19-7-9-20(10-8-19)28-24(32)17-23-25(33)29-27(37-23)31-13-4-5-14-31/h6-11,16,23H,4-5,12-15,17H2,1-3H3,(H,28,32)/t23-/m0/s1. The number of likely N-dealkylation sites (N-methyl/N-ethyl adjacent to an activating group) is 1. The largest absolute Gasteiger partial charge is 0.493 e. The Morgan fingerprint density at radius 2 is 1.78 bits per heavy atom. The minimum absolute atomic E-state index is 0.0594. The van der Waals surface area contributed by atoms with Crippen LogP contribution in [0.2, 0.25) is 0 Å². The lowest BCUT2D eigenvalue weighted by Gasteiger charge is -2.18. The Hall–Kier alpha value is -3.53. The summed E-state index contributed by atoms with van der Waals surface area (Å²) in [6.45, 7) is 2.35. The first-order valence-electron chi connectivity index (χ1n) is 12.3. The van der Waals surface area contributed by atoms with E-state index in [-0.39, 0.29) is 24.1 Å². The number of carbonyl (C=O) groups is 3. The van der Waals surface area contributed by atoms with Crippen LogP contribution in [0.5, 0.6) is 11.5 Å². The molecule has 0 aromatic heterocycles. The summed E-state index contributed by atoms with van der Waals surface area (Å²) in [5.41, 5.74) is 2.14. The molecule has 1 atom stereocenters. The Labute approximate surface area is 221 Å². The zero-order valence-corrected chi connectivity index (χ0v) is 22.2. The van der Waals surface area contributed by atoms with E-state index in [1.54, 1.807) is 50.4 Å². The molecule has 1 saturated heterocycles. The zero-order chi connectivity index (χ0) is 26.4. The van der Waals surface area contributed by atoms with Gasteiger partial charge in [0, 0.05) is 44.4 Å². The van der Waals surface area contributed by atoms with Crippen molar-refractivity contribution in [1.29, 1.82) is 0 Å². The highest BCUT2D eigenvalue weighted by Gasteiger charge is 2.33. The maximum absolute atomic E-state index is 12.9. The predicted molar refractivity (Wildman–Crippen MR) is 145 cm³/mol. The number of aliphatic imine (C=N–C) groups is 1. The van der Waals surface area contributed by atoms with Crippen molar-refractivity contribution in [3.8, 4) is 11.5 Å². The number of hydrogen-bond donors (Lipinski definition) is 1. The lowest BCUT2D eigenvalue weighted by molar-refractivity contribution is -0.121. The Kier molecular flexibility index (Phi) is 8.70. The number of carbonyl (C=O) groups excluding carboxylic acids is 3. The van der Waals surface area contributed by atoms with Gasteiger partial charge in [0.2, 0.25) is 5.91 Å². The first kappa shape index (κ1) is 26.5. The van der Waals surface area contributed by atoms with Crippen LogP contribution in [0.4, 0.5) is 5.69 Å². The van der Waals surface area contributed by atoms with Crippen molar-refractivity contribution in [2.24, 2.45) is 4.99 Å². The van der Waals surface area contributed by atoms with Gasteiger partial charge in [0.05, 0.1) is 14.2 Å². The Balaban J connectivity index is 1.25. The van der Waals surface area contributed by atoms with Crippen molar-refractivity contribution in [3.63, 3.8) is 0 Å². The van der Waals surface area contributed by atoms with Gasteiger partial charge in [-0.1, -0.05) is 17.8 Å². The van der Waals surface area contributed by atoms with E-state index in [2.05, 4.69) is 15.2 Å². The summed E-state index contributed by atoms with van der Waals surface area (Å²) in [6, 6.07) is 12.5. The smallest absolute Gasteiger partial charge is 0.262 e. The van der Waals surface area contributed by atoms with Crippen LogP contribution in [-0.2, 0) is 16.0 Å². The molecule has 2 aliphatic rings. The fourth-order valence-corrected chi connectivity index (χ4v) is 5.40. The summed E-state index contributed by atoms with van der Waals surface area (Å²) in [7, 11) is 4.94. The number of amidine groups is 1. The minimum atomic E-state index is -0.490. The summed E-state index contributed by atoms with van der Waals surface area (Å²) < 4.78 is 10.6. The van der Waals surface area contributed by atoms with Crippen LogP contribution < -0.4 is 14.8 Å². The molecule has 2 aromatic rings. The van der Waals surface area contributed by atoms with Gasteiger partial charge in [0.1, 0.15) is 5.25 Å². The van der Waals surface area contributed by atoms with Crippen LogP contribution in [0, 0.1) is 0 Å². The number of ether oxygens (including phenoxy) is 2. The molecule has 0 aliphatic carbocycles. The number of thioether (sulfide) groups is 1. The molecule has 4 rings (SSSR count). The summed E-state index contributed by atoms with van der Waals surface area (Å²) in [5.74, 6) is 0.700. The number of anilines is 1. The number of benzene rings is 2. The van der Waals surface area contributed by atoms with Crippen LogP contribution in [0.1, 0.15) is 35.2 Å². The second-order valence-electron chi connectivity index (χ2n) is 9.03. The van der Waals surface area contributed by atoms with E-state index in [0.717, 1.165) is 36.7 Å². The van der Waals surface area contributed by atoms with Gasteiger partial charge in [-0.15, -0.1) is 0 Å². The fraction of sp³-hybridized carbons (Fsp3) is 0.407. The topological polar surface area (TPSA) is 101 Å². The fourth-order valence-electron chi connectivity index (χ4n) is 4.28. The van der Waals surface area contributed by atoms with Crippen LogP contribution in [0.25, 0.3) is 0 Å².